The Morgan fingerprint density at radius 1 is 0.393 bits per heavy atom. The SMILES string of the molecule is CCN(C1CCC(C(=O)O)CC1)S(=O)(=O)c1cccc(C(=O)Nc2ccc(OCC3CC3)cc2C(=O)Nc2ccc(CCc3ccc(C(=O)[O-])cc3)cc2)c1.CCN(C1CCC(C(=O)O)CC1)S(=O)(=O)c1cccc(C(=O)Nc2ccc(OCC3CC3)cc2C(=O)Nc2ccc(CCc3ccc(C(=O)[O-])cc3)cc2)c1.[K+].[K+]. The van der Waals surface area contributed by atoms with Crippen molar-refractivity contribution in [1.82, 2.24) is 8.61 Å². The third-order valence-electron chi connectivity index (χ3n) is 20.5. The van der Waals surface area contributed by atoms with E-state index in [0.29, 0.717) is 125 Å². The summed E-state index contributed by atoms with van der Waals surface area (Å²) in [5.74, 6) is -5.42. The first-order chi connectivity index (χ1) is 52.8. The zero-order chi connectivity index (χ0) is 78.2. The molecule has 8 aromatic rings. The number of hydrogen-bond acceptors (Lipinski definition) is 16. The Balaban J connectivity index is 0.000000253. The zero-order valence-corrected chi connectivity index (χ0v) is 70.9. The van der Waals surface area contributed by atoms with Crippen LogP contribution in [0.1, 0.15) is 175 Å². The van der Waals surface area contributed by atoms with Crippen LogP contribution in [0.3, 0.4) is 0 Å². The van der Waals surface area contributed by atoms with Gasteiger partial charge < -0.3 is 60.8 Å². The number of aryl methyl sites for hydroxylation is 4. The number of hydrogen-bond donors (Lipinski definition) is 6. The Morgan fingerprint density at radius 3 is 1.01 bits per heavy atom. The van der Waals surface area contributed by atoms with Gasteiger partial charge in [0.2, 0.25) is 20.0 Å². The third kappa shape index (κ3) is 24.2. The molecule has 0 aliphatic heterocycles. The van der Waals surface area contributed by atoms with Gasteiger partial charge in [0.25, 0.3) is 23.6 Å². The molecule has 4 aliphatic rings. The first kappa shape index (κ1) is 88.2. The van der Waals surface area contributed by atoms with E-state index in [0.717, 1.165) is 47.9 Å². The van der Waals surface area contributed by atoms with E-state index in [1.54, 1.807) is 98.8 Å². The van der Waals surface area contributed by atoms with Crippen molar-refractivity contribution >= 4 is 90.3 Å². The van der Waals surface area contributed by atoms with Crippen molar-refractivity contribution in [2.75, 3.05) is 47.6 Å². The summed E-state index contributed by atoms with van der Waals surface area (Å²) in [4.78, 5) is 99.6. The minimum absolute atomic E-state index is 0. The van der Waals surface area contributed by atoms with Crippen LogP contribution >= 0.6 is 0 Å². The van der Waals surface area contributed by atoms with Crippen LogP contribution in [0.2, 0.25) is 0 Å². The number of nitrogens with zero attached hydrogens (tertiary/aromatic N) is 2. The standard InChI is InChI=1S/2C42H45N3O9S.2K/c2*1-2-45(34-20-16-31(17-21-34)42(50)51)55(52,53)36-5-3-4-32(24-36)39(46)44-38-23-22-35(54-26-29-8-9-29)25-37(38)40(47)43-33-18-12-28(13-19-33)7-6-27-10-14-30(15-11-27)41(48)49;;/h2*3-5,10-15,18-19,22-25,29,31,34H,2,6-9,16-17,20-21,26H2,1H3,(H,43,47)(H,44,46)(H,48,49)(H,50,51);;/q;;2*+1/p-2. The van der Waals surface area contributed by atoms with Gasteiger partial charge in [0.15, 0.2) is 0 Å². The summed E-state index contributed by atoms with van der Waals surface area (Å²) in [5, 5.41) is 52.2. The van der Waals surface area contributed by atoms with Gasteiger partial charge in [0, 0.05) is 47.7 Å². The molecule has 0 unspecified atom stereocenters. The predicted molar refractivity (Wildman–Crippen MR) is 409 cm³/mol. The third-order valence-corrected chi connectivity index (χ3v) is 24.5. The minimum Gasteiger partial charge on any atom is -0.545 e. The van der Waals surface area contributed by atoms with Crippen molar-refractivity contribution in [2.45, 2.75) is 138 Å². The summed E-state index contributed by atoms with van der Waals surface area (Å²) in [5.41, 5.74) is 6.20. The smallest absolute Gasteiger partial charge is 0.545 e. The molecule has 0 atom stereocenters. The van der Waals surface area contributed by atoms with E-state index in [-0.39, 0.29) is 182 Å². The summed E-state index contributed by atoms with van der Waals surface area (Å²) in [6, 6.07) is 48.3. The maximum atomic E-state index is 13.8. The van der Waals surface area contributed by atoms with E-state index in [1.807, 2.05) is 24.3 Å². The van der Waals surface area contributed by atoms with E-state index in [9.17, 15) is 75.6 Å². The van der Waals surface area contributed by atoms with E-state index in [4.69, 9.17) is 9.47 Å². The number of carboxylic acids is 4. The van der Waals surface area contributed by atoms with E-state index < -0.39 is 79.4 Å². The number of ether oxygens (including phenoxy) is 2. The Hall–Kier alpha value is -7.79. The number of carbonyl (C=O) groups excluding carboxylic acids is 6. The number of aromatic carboxylic acids is 2. The van der Waals surface area contributed by atoms with E-state index >= 15 is 0 Å². The maximum Gasteiger partial charge on any atom is 1.00 e. The molecule has 6 N–H and O–H groups in total. The van der Waals surface area contributed by atoms with Crippen molar-refractivity contribution in [1.29, 1.82) is 0 Å². The fraction of sp³-hybridized carbons (Fsp3) is 0.333. The Bertz CT molecular complexity index is 4610. The molecule has 0 spiro atoms. The largest absolute Gasteiger partial charge is 1.00 e. The molecular weight excluding hydrogens is 1520 g/mol. The summed E-state index contributed by atoms with van der Waals surface area (Å²) < 4.78 is 70.0. The van der Waals surface area contributed by atoms with Crippen LogP contribution in [-0.2, 0) is 55.3 Å². The summed E-state index contributed by atoms with van der Waals surface area (Å²) >= 11 is 0. The van der Waals surface area contributed by atoms with Gasteiger partial charge in [-0.1, -0.05) is 98.8 Å². The van der Waals surface area contributed by atoms with Gasteiger partial charge in [-0.05, 0) is 245 Å². The molecule has 0 heterocycles. The average Bonchev–Trinajstić information content (AvgIpc) is 1.33. The molecule has 4 saturated carbocycles. The molecule has 12 rings (SSSR count). The van der Waals surface area contributed by atoms with Crippen LogP contribution in [0.25, 0.3) is 0 Å². The number of benzene rings is 8. The quantitative estimate of drug-likeness (QED) is 0.0280. The normalized spacial score (nSPS) is 16.7. The van der Waals surface area contributed by atoms with Crippen molar-refractivity contribution in [3.63, 3.8) is 0 Å². The fourth-order valence-electron chi connectivity index (χ4n) is 13.6. The van der Waals surface area contributed by atoms with Gasteiger partial charge in [0.1, 0.15) is 11.5 Å². The summed E-state index contributed by atoms with van der Waals surface area (Å²) in [7, 11) is -8.02. The van der Waals surface area contributed by atoms with Gasteiger partial charge in [-0.2, -0.15) is 8.61 Å². The van der Waals surface area contributed by atoms with Crippen molar-refractivity contribution in [3.05, 3.63) is 238 Å². The molecule has 0 aromatic heterocycles. The van der Waals surface area contributed by atoms with Crippen LogP contribution in [0.4, 0.5) is 22.7 Å². The van der Waals surface area contributed by atoms with Gasteiger partial charge in [-0.25, -0.2) is 16.8 Å². The van der Waals surface area contributed by atoms with Crippen molar-refractivity contribution in [3.8, 4) is 11.5 Å². The molecule has 0 saturated heterocycles. The monoisotopic (exact) mass is 1610 g/mol. The second-order valence-corrected chi connectivity index (χ2v) is 32.0. The van der Waals surface area contributed by atoms with Crippen LogP contribution in [0.15, 0.2) is 192 Å². The zero-order valence-electron chi connectivity index (χ0n) is 63.1. The van der Waals surface area contributed by atoms with Gasteiger partial charge in [-0.3, -0.25) is 28.8 Å². The van der Waals surface area contributed by atoms with Gasteiger partial charge in [0.05, 0.1) is 69.3 Å². The second-order valence-electron chi connectivity index (χ2n) is 28.3. The molecule has 576 valence electrons. The second kappa shape index (κ2) is 41.0. The molecule has 8 aromatic carbocycles. The minimum atomic E-state index is -4.01. The topological polar surface area (TPSA) is 364 Å². The van der Waals surface area contributed by atoms with Crippen molar-refractivity contribution < 1.29 is 188 Å². The molecule has 28 heteroatoms. The number of carbonyl (C=O) groups is 8. The Labute approximate surface area is 737 Å². The number of amides is 4. The maximum absolute atomic E-state index is 13.8. The number of rotatable bonds is 32. The fourth-order valence-corrected chi connectivity index (χ4v) is 17.1. The summed E-state index contributed by atoms with van der Waals surface area (Å²) in [6.45, 7) is 4.90. The predicted octanol–water partition coefficient (Wildman–Crippen LogP) is 5.57. The number of anilines is 4. The molecule has 24 nitrogen and oxygen atoms in total. The molecule has 4 fully saturated rings. The first-order valence-corrected chi connectivity index (χ1v) is 40.0. The average molecular weight is 1610 g/mol. The number of carboxylic acid groups (broad SMARTS) is 4. The van der Waals surface area contributed by atoms with Crippen molar-refractivity contribution in [2.24, 2.45) is 23.7 Å². The van der Waals surface area contributed by atoms with Crippen LogP contribution in [-0.4, -0.2) is 122 Å². The molecule has 0 bridgehead atoms. The number of nitrogens with one attached hydrogen (secondary N) is 4. The van der Waals surface area contributed by atoms with E-state index in [2.05, 4.69) is 21.3 Å². The number of sulfonamides is 2. The molecular formula is C84H88K2N6O18S2. The molecule has 4 aliphatic carbocycles. The Morgan fingerprint density at radius 2 is 0.714 bits per heavy atom. The first-order valence-electron chi connectivity index (χ1n) is 37.1. The van der Waals surface area contributed by atoms with Gasteiger partial charge >= 0.3 is 115 Å². The van der Waals surface area contributed by atoms with Crippen LogP contribution in [0, 0.1) is 23.7 Å². The summed E-state index contributed by atoms with van der Waals surface area (Å²) in [6.07, 6.45) is 10.4. The number of aliphatic carboxylic acids is 2. The molecule has 4 amide bonds. The van der Waals surface area contributed by atoms with Gasteiger partial charge in [-0.15, -0.1) is 0 Å². The van der Waals surface area contributed by atoms with Crippen LogP contribution < -0.4 is 144 Å². The molecule has 0 radical (unpaired) electrons. The van der Waals surface area contributed by atoms with Crippen LogP contribution in [0.5, 0.6) is 11.5 Å². The molecule has 112 heavy (non-hydrogen) atoms. The Kier molecular flexibility index (Phi) is 32.3. The van der Waals surface area contributed by atoms with E-state index in [1.165, 1.54) is 81.4 Å².